The maximum atomic E-state index is 15.0. The Morgan fingerprint density at radius 3 is 2.59 bits per heavy atom. The number of benzene rings is 4. The summed E-state index contributed by atoms with van der Waals surface area (Å²) in [7, 11) is 0. The zero-order valence-corrected chi connectivity index (χ0v) is 20.9. The van der Waals surface area contributed by atoms with Crippen LogP contribution in [-0.2, 0) is 0 Å². The molecule has 2 atom stereocenters. The number of ether oxygens (including phenoxy) is 1. The lowest BCUT2D eigenvalue weighted by atomic mass is 9.90. The molecule has 0 spiro atoms. The summed E-state index contributed by atoms with van der Waals surface area (Å²) < 4.78 is 35.4. The molecule has 1 heterocycles. The number of carboxylic acids is 1. The minimum Gasteiger partial charge on any atom is -0.486 e. The van der Waals surface area contributed by atoms with E-state index in [1.54, 1.807) is 24.0 Å². The molecule has 37 heavy (non-hydrogen) atoms. The first-order valence-corrected chi connectivity index (χ1v) is 12.6. The maximum absolute atomic E-state index is 15.0. The van der Waals surface area contributed by atoms with Crippen molar-refractivity contribution in [3.8, 4) is 5.75 Å². The Bertz CT molecular complexity index is 1460. The summed E-state index contributed by atoms with van der Waals surface area (Å²) >= 11 is 0. The van der Waals surface area contributed by atoms with Crippen molar-refractivity contribution < 1.29 is 23.4 Å². The van der Waals surface area contributed by atoms with Crippen molar-refractivity contribution in [3.05, 3.63) is 101 Å². The van der Waals surface area contributed by atoms with Gasteiger partial charge in [0, 0.05) is 5.69 Å². The Morgan fingerprint density at radius 1 is 1.03 bits per heavy atom. The molecule has 4 nitrogen and oxygen atoms in total. The van der Waals surface area contributed by atoms with Crippen LogP contribution in [0.15, 0.2) is 72.8 Å². The lowest BCUT2D eigenvalue weighted by molar-refractivity contribution is 0.0691. The van der Waals surface area contributed by atoms with Crippen LogP contribution < -0.4 is 9.64 Å². The number of fused-ring (bicyclic) bond motifs is 2. The summed E-state index contributed by atoms with van der Waals surface area (Å²) in [6.45, 7) is 4.12. The molecule has 4 aromatic carbocycles. The molecule has 0 bridgehead atoms. The Kier molecular flexibility index (Phi) is 6.83. The van der Waals surface area contributed by atoms with Gasteiger partial charge in [-0.05, 0) is 78.3 Å². The summed E-state index contributed by atoms with van der Waals surface area (Å²) in [5, 5.41) is 12.0. The molecule has 1 N–H and O–H groups in total. The first kappa shape index (κ1) is 24.8. The number of aromatic carboxylic acids is 1. The quantitative estimate of drug-likeness (QED) is 0.279. The number of para-hydroxylation sites is 1. The van der Waals surface area contributed by atoms with E-state index in [1.807, 2.05) is 6.07 Å². The summed E-state index contributed by atoms with van der Waals surface area (Å²) in [5.41, 5.74) is 1.88. The number of halogens is 2. The van der Waals surface area contributed by atoms with Crippen molar-refractivity contribution in [1.82, 2.24) is 0 Å². The van der Waals surface area contributed by atoms with E-state index in [2.05, 4.69) is 43.3 Å². The van der Waals surface area contributed by atoms with Crippen LogP contribution in [0.5, 0.6) is 5.75 Å². The highest BCUT2D eigenvalue weighted by Gasteiger charge is 2.31. The molecule has 6 heteroatoms. The third kappa shape index (κ3) is 4.76. The van der Waals surface area contributed by atoms with Gasteiger partial charge in [-0.15, -0.1) is 0 Å². The Balaban J connectivity index is 1.37. The fraction of sp³-hybridized carbons (Fsp3) is 0.258. The second-order valence-corrected chi connectivity index (χ2v) is 9.71. The van der Waals surface area contributed by atoms with Crippen LogP contribution in [0.2, 0.25) is 0 Å². The fourth-order valence-corrected chi connectivity index (χ4v) is 5.44. The van der Waals surface area contributed by atoms with Crippen LogP contribution in [0.25, 0.3) is 10.8 Å². The van der Waals surface area contributed by atoms with Crippen molar-refractivity contribution >= 4 is 28.1 Å². The van der Waals surface area contributed by atoms with Crippen molar-refractivity contribution in [1.29, 1.82) is 0 Å². The SMILES string of the molecule is Cc1c(N2CC(CCC[C@H](C)c3cccc4ccccc34)Oc3cccc(F)c32)ccc(F)c1C(=O)O. The van der Waals surface area contributed by atoms with E-state index in [1.165, 1.54) is 28.5 Å². The summed E-state index contributed by atoms with van der Waals surface area (Å²) in [6.07, 6.45) is 2.37. The molecule has 1 unspecified atom stereocenters. The Morgan fingerprint density at radius 2 is 1.78 bits per heavy atom. The normalized spacial score (nSPS) is 15.8. The van der Waals surface area contributed by atoms with Crippen molar-refractivity contribution in [2.75, 3.05) is 11.4 Å². The van der Waals surface area contributed by atoms with E-state index in [-0.39, 0.29) is 17.4 Å². The number of nitrogens with zero attached hydrogens (tertiary/aromatic N) is 1. The van der Waals surface area contributed by atoms with Crippen molar-refractivity contribution in [3.63, 3.8) is 0 Å². The van der Waals surface area contributed by atoms with Gasteiger partial charge in [-0.3, -0.25) is 0 Å². The standard InChI is InChI=1S/C31H29F2NO3/c1-19(23-13-6-10-21-9-3-4-12-24(21)23)8-5-11-22-18-34(30-26(33)14-7-15-28(30)37-22)27-17-16-25(32)29(20(27)2)31(35)36/h3-4,6-7,9-10,12-17,19,22H,5,8,11,18H2,1-2H3,(H,35,36)/t19-,22?/m0/s1. The van der Waals surface area contributed by atoms with Crippen molar-refractivity contribution in [2.45, 2.75) is 45.1 Å². The molecule has 0 saturated carbocycles. The van der Waals surface area contributed by atoms with E-state index in [0.717, 1.165) is 25.3 Å². The van der Waals surface area contributed by atoms with Crippen LogP contribution in [0.1, 0.15) is 53.6 Å². The minimum absolute atomic E-state index is 0.230. The zero-order chi connectivity index (χ0) is 26.1. The number of carboxylic acid groups (broad SMARTS) is 1. The number of carbonyl (C=O) groups is 1. The van der Waals surface area contributed by atoms with Crippen LogP contribution in [0, 0.1) is 18.6 Å². The molecule has 190 valence electrons. The first-order valence-electron chi connectivity index (χ1n) is 12.6. The van der Waals surface area contributed by atoms with Gasteiger partial charge in [0.15, 0.2) is 5.82 Å². The van der Waals surface area contributed by atoms with Gasteiger partial charge in [0.1, 0.15) is 28.9 Å². The predicted molar refractivity (Wildman–Crippen MR) is 142 cm³/mol. The van der Waals surface area contributed by atoms with Gasteiger partial charge in [0.25, 0.3) is 0 Å². The van der Waals surface area contributed by atoms with Gasteiger partial charge in [-0.2, -0.15) is 0 Å². The minimum atomic E-state index is -1.35. The molecule has 0 radical (unpaired) electrons. The molecule has 1 aliphatic rings. The fourth-order valence-electron chi connectivity index (χ4n) is 5.44. The summed E-state index contributed by atoms with van der Waals surface area (Å²) in [5.74, 6) is -1.87. The monoisotopic (exact) mass is 501 g/mol. The highest BCUT2D eigenvalue weighted by Crippen LogP contribution is 2.43. The molecule has 0 saturated heterocycles. The molecule has 0 amide bonds. The largest absolute Gasteiger partial charge is 0.486 e. The lowest BCUT2D eigenvalue weighted by Gasteiger charge is -2.37. The lowest BCUT2D eigenvalue weighted by Crippen LogP contribution is -2.38. The molecule has 5 rings (SSSR count). The van der Waals surface area contributed by atoms with E-state index < -0.39 is 23.2 Å². The number of hydrogen-bond acceptors (Lipinski definition) is 3. The molecule has 0 aliphatic carbocycles. The van der Waals surface area contributed by atoms with Gasteiger partial charge < -0.3 is 14.7 Å². The number of rotatable bonds is 7. The van der Waals surface area contributed by atoms with Gasteiger partial charge in [0.05, 0.1) is 6.54 Å². The third-order valence-corrected chi connectivity index (χ3v) is 7.31. The van der Waals surface area contributed by atoms with Crippen LogP contribution >= 0.6 is 0 Å². The van der Waals surface area contributed by atoms with Crippen LogP contribution in [0.4, 0.5) is 20.2 Å². The van der Waals surface area contributed by atoms with Gasteiger partial charge >= 0.3 is 5.97 Å². The molecular weight excluding hydrogens is 472 g/mol. The van der Waals surface area contributed by atoms with Crippen molar-refractivity contribution in [2.24, 2.45) is 0 Å². The van der Waals surface area contributed by atoms with Crippen LogP contribution in [-0.4, -0.2) is 23.7 Å². The molecule has 1 aliphatic heterocycles. The van der Waals surface area contributed by atoms with Gasteiger partial charge in [-0.1, -0.05) is 55.5 Å². The Hall–Kier alpha value is -3.93. The van der Waals surface area contributed by atoms with E-state index in [4.69, 9.17) is 4.74 Å². The predicted octanol–water partition coefficient (Wildman–Crippen LogP) is 8.00. The van der Waals surface area contributed by atoms with E-state index >= 15 is 0 Å². The van der Waals surface area contributed by atoms with E-state index in [9.17, 15) is 18.7 Å². The smallest absolute Gasteiger partial charge is 0.339 e. The second-order valence-electron chi connectivity index (χ2n) is 9.71. The third-order valence-electron chi connectivity index (χ3n) is 7.31. The molecule has 4 aromatic rings. The average Bonchev–Trinajstić information content (AvgIpc) is 2.88. The Labute approximate surface area is 215 Å². The second kappa shape index (κ2) is 10.2. The molecule has 0 aromatic heterocycles. The van der Waals surface area contributed by atoms with E-state index in [0.29, 0.717) is 23.9 Å². The average molecular weight is 502 g/mol. The van der Waals surface area contributed by atoms with Crippen LogP contribution in [0.3, 0.4) is 0 Å². The van der Waals surface area contributed by atoms with Gasteiger partial charge in [-0.25, -0.2) is 13.6 Å². The highest BCUT2D eigenvalue weighted by atomic mass is 19.1. The molecular formula is C31H29F2NO3. The topological polar surface area (TPSA) is 49.8 Å². The zero-order valence-electron chi connectivity index (χ0n) is 20.9. The number of hydrogen-bond donors (Lipinski definition) is 1. The summed E-state index contributed by atoms with van der Waals surface area (Å²) in [6, 6.07) is 22.1. The first-order chi connectivity index (χ1) is 17.8. The highest BCUT2D eigenvalue weighted by molar-refractivity contribution is 5.92. The van der Waals surface area contributed by atoms with Gasteiger partial charge in [0.2, 0.25) is 0 Å². The maximum Gasteiger partial charge on any atom is 0.339 e. The molecule has 0 fully saturated rings. The summed E-state index contributed by atoms with van der Waals surface area (Å²) in [4.78, 5) is 13.4. The number of anilines is 2.